The summed E-state index contributed by atoms with van der Waals surface area (Å²) in [5.74, 6) is 2.53. The molecule has 0 amide bonds. The summed E-state index contributed by atoms with van der Waals surface area (Å²) in [5.41, 5.74) is 2.22. The van der Waals surface area contributed by atoms with E-state index in [1.54, 1.807) is 24.3 Å². The minimum atomic E-state index is 0.120. The van der Waals surface area contributed by atoms with Crippen molar-refractivity contribution < 1.29 is 19.7 Å². The van der Waals surface area contributed by atoms with Gasteiger partial charge in [-0.2, -0.15) is 0 Å². The third-order valence-electron chi connectivity index (χ3n) is 6.65. The maximum Gasteiger partial charge on any atom is 0.169 e. The van der Waals surface area contributed by atoms with Gasteiger partial charge in [0.2, 0.25) is 0 Å². The third-order valence-corrected chi connectivity index (χ3v) is 6.65. The van der Waals surface area contributed by atoms with Crippen LogP contribution < -0.4 is 9.47 Å². The Morgan fingerprint density at radius 2 is 1.15 bits per heavy atom. The first-order valence-electron chi connectivity index (χ1n) is 13.9. The van der Waals surface area contributed by atoms with E-state index in [0.717, 1.165) is 31.6 Å². The fourth-order valence-corrected chi connectivity index (χ4v) is 4.54. The number of unbranched alkanes of at least 4 members (excludes halogenated alkanes) is 5. The molecule has 204 valence electrons. The van der Waals surface area contributed by atoms with Gasteiger partial charge in [-0.3, -0.25) is 4.90 Å². The van der Waals surface area contributed by atoms with Crippen molar-refractivity contribution in [1.82, 2.24) is 4.90 Å². The van der Waals surface area contributed by atoms with Crippen LogP contribution in [0.4, 0.5) is 0 Å². The molecule has 5 heteroatoms. The van der Waals surface area contributed by atoms with Gasteiger partial charge in [0.1, 0.15) is 11.5 Å². The number of ether oxygens (including phenoxy) is 2. The lowest BCUT2D eigenvalue weighted by Gasteiger charge is -2.23. The minimum Gasteiger partial charge on any atom is -0.504 e. The molecular formula is C34H39NO4. The average Bonchev–Trinajstić information content (AvgIpc) is 2.95. The normalized spacial score (nSPS) is 11.0. The fourth-order valence-electron chi connectivity index (χ4n) is 4.54. The Morgan fingerprint density at radius 1 is 0.564 bits per heavy atom. The molecule has 0 unspecified atom stereocenters. The first-order chi connectivity index (χ1) is 19.1. The summed E-state index contributed by atoms with van der Waals surface area (Å²) in [4.78, 5) is 2.42. The molecule has 0 radical (unpaired) electrons. The quantitative estimate of drug-likeness (QED) is 0.152. The molecule has 0 aliphatic heterocycles. The molecule has 0 bridgehead atoms. The molecular weight excluding hydrogens is 486 g/mol. The van der Waals surface area contributed by atoms with E-state index in [4.69, 9.17) is 9.47 Å². The molecule has 2 N–H and O–H groups in total. The van der Waals surface area contributed by atoms with Gasteiger partial charge in [-0.1, -0.05) is 87.6 Å². The van der Waals surface area contributed by atoms with E-state index in [1.165, 1.54) is 37.7 Å². The maximum absolute atomic E-state index is 10.6. The number of hydrogen-bond acceptors (Lipinski definition) is 5. The Hall–Kier alpha value is -3.96. The van der Waals surface area contributed by atoms with Gasteiger partial charge in [0.15, 0.2) is 23.0 Å². The SMILES string of the molecule is CCCCCCCCN(Cc1ccc(Oc2ccccc2O)cc1)Cc1ccc(Oc2ccccc2)c(O)c1. The van der Waals surface area contributed by atoms with E-state index in [2.05, 4.69) is 24.0 Å². The van der Waals surface area contributed by atoms with Gasteiger partial charge in [0.25, 0.3) is 0 Å². The van der Waals surface area contributed by atoms with Crippen LogP contribution in [0.25, 0.3) is 0 Å². The van der Waals surface area contributed by atoms with Crippen molar-refractivity contribution >= 4 is 0 Å². The molecule has 0 aromatic heterocycles. The summed E-state index contributed by atoms with van der Waals surface area (Å²) >= 11 is 0. The summed E-state index contributed by atoms with van der Waals surface area (Å²) in [5, 5.41) is 20.6. The van der Waals surface area contributed by atoms with Crippen molar-refractivity contribution in [2.75, 3.05) is 6.54 Å². The molecule has 4 rings (SSSR count). The number of benzene rings is 4. The summed E-state index contributed by atoms with van der Waals surface area (Å²) < 4.78 is 11.7. The smallest absolute Gasteiger partial charge is 0.169 e. The highest BCUT2D eigenvalue weighted by Crippen LogP contribution is 2.32. The Kier molecular flexibility index (Phi) is 10.7. The van der Waals surface area contributed by atoms with Crippen molar-refractivity contribution in [3.05, 3.63) is 108 Å². The van der Waals surface area contributed by atoms with Crippen molar-refractivity contribution in [3.8, 4) is 34.5 Å². The lowest BCUT2D eigenvalue weighted by atomic mass is 10.1. The van der Waals surface area contributed by atoms with E-state index in [9.17, 15) is 10.2 Å². The van der Waals surface area contributed by atoms with E-state index in [-0.39, 0.29) is 11.5 Å². The lowest BCUT2D eigenvalue weighted by Crippen LogP contribution is -2.24. The Balaban J connectivity index is 1.40. The van der Waals surface area contributed by atoms with Gasteiger partial charge in [-0.05, 0) is 72.6 Å². The fraction of sp³-hybridized carbons (Fsp3) is 0.294. The first kappa shape index (κ1) is 28.1. The van der Waals surface area contributed by atoms with Crippen molar-refractivity contribution in [2.45, 2.75) is 58.5 Å². The van der Waals surface area contributed by atoms with Crippen LogP contribution in [0.3, 0.4) is 0 Å². The van der Waals surface area contributed by atoms with Crippen LogP contribution in [0.1, 0.15) is 56.6 Å². The number of phenolic OH excluding ortho intramolecular Hbond substituents is 2. The summed E-state index contributed by atoms with van der Waals surface area (Å²) in [6, 6.07) is 30.1. The van der Waals surface area contributed by atoms with E-state index in [0.29, 0.717) is 23.0 Å². The molecule has 0 saturated carbocycles. The zero-order chi connectivity index (χ0) is 27.3. The lowest BCUT2D eigenvalue weighted by molar-refractivity contribution is 0.249. The van der Waals surface area contributed by atoms with Gasteiger partial charge in [0.05, 0.1) is 0 Å². The number of aromatic hydroxyl groups is 2. The molecule has 0 heterocycles. The molecule has 0 fully saturated rings. The number of rotatable bonds is 15. The molecule has 39 heavy (non-hydrogen) atoms. The first-order valence-corrected chi connectivity index (χ1v) is 13.9. The number of nitrogens with zero attached hydrogens (tertiary/aromatic N) is 1. The van der Waals surface area contributed by atoms with Crippen molar-refractivity contribution in [2.24, 2.45) is 0 Å². The van der Waals surface area contributed by atoms with Gasteiger partial charge in [-0.15, -0.1) is 0 Å². The number of para-hydroxylation sites is 3. The number of hydrogen-bond donors (Lipinski definition) is 2. The predicted molar refractivity (Wildman–Crippen MR) is 157 cm³/mol. The maximum atomic E-state index is 10.6. The molecule has 0 aliphatic rings. The van der Waals surface area contributed by atoms with Gasteiger partial charge in [-0.25, -0.2) is 0 Å². The van der Waals surface area contributed by atoms with Crippen molar-refractivity contribution in [3.63, 3.8) is 0 Å². The standard InChI is InChI=1S/C34H39NO4/c1-2-3-4-5-6-12-23-35(25-27-17-20-30(21-18-27)39-33-16-11-10-15-31(33)36)26-28-19-22-34(32(37)24-28)38-29-13-8-7-9-14-29/h7-11,13-22,24,36-37H,2-6,12,23,25-26H2,1H3. The zero-order valence-electron chi connectivity index (χ0n) is 22.8. The second-order valence-corrected chi connectivity index (χ2v) is 9.91. The van der Waals surface area contributed by atoms with Crippen LogP contribution in [-0.2, 0) is 13.1 Å². The zero-order valence-corrected chi connectivity index (χ0v) is 22.8. The highest BCUT2D eigenvalue weighted by molar-refractivity contribution is 5.45. The monoisotopic (exact) mass is 525 g/mol. The Labute approximate surface area is 232 Å². The van der Waals surface area contributed by atoms with Crippen molar-refractivity contribution in [1.29, 1.82) is 0 Å². The summed E-state index contributed by atoms with van der Waals surface area (Å²) in [6.45, 7) is 4.73. The van der Waals surface area contributed by atoms with E-state index >= 15 is 0 Å². The number of phenols is 2. The molecule has 4 aromatic rings. The highest BCUT2D eigenvalue weighted by atomic mass is 16.5. The van der Waals surface area contributed by atoms with Crippen LogP contribution in [0, 0.1) is 0 Å². The molecule has 0 saturated heterocycles. The van der Waals surface area contributed by atoms with Gasteiger partial charge >= 0.3 is 0 Å². The molecule has 0 atom stereocenters. The van der Waals surface area contributed by atoms with Gasteiger partial charge in [0, 0.05) is 13.1 Å². The van der Waals surface area contributed by atoms with Crippen LogP contribution >= 0.6 is 0 Å². The molecule has 4 aromatic carbocycles. The topological polar surface area (TPSA) is 62.2 Å². The second-order valence-electron chi connectivity index (χ2n) is 9.91. The summed E-state index contributed by atoms with van der Waals surface area (Å²) in [6.07, 6.45) is 7.48. The highest BCUT2D eigenvalue weighted by Gasteiger charge is 2.11. The third kappa shape index (κ3) is 9.08. The van der Waals surface area contributed by atoms with Crippen LogP contribution in [-0.4, -0.2) is 21.7 Å². The minimum absolute atomic E-state index is 0.120. The molecule has 0 aliphatic carbocycles. The van der Waals surface area contributed by atoms with E-state index < -0.39 is 0 Å². The van der Waals surface area contributed by atoms with Crippen LogP contribution in [0.15, 0.2) is 97.1 Å². The second kappa shape index (κ2) is 14.8. The Morgan fingerprint density at radius 3 is 1.87 bits per heavy atom. The van der Waals surface area contributed by atoms with Crippen LogP contribution in [0.5, 0.6) is 34.5 Å². The average molecular weight is 526 g/mol. The van der Waals surface area contributed by atoms with E-state index in [1.807, 2.05) is 60.7 Å². The van der Waals surface area contributed by atoms with Gasteiger partial charge < -0.3 is 19.7 Å². The summed E-state index contributed by atoms with van der Waals surface area (Å²) in [7, 11) is 0. The Bertz CT molecular complexity index is 1270. The largest absolute Gasteiger partial charge is 0.504 e. The van der Waals surface area contributed by atoms with Crippen LogP contribution in [0.2, 0.25) is 0 Å². The molecule has 0 spiro atoms. The molecule has 5 nitrogen and oxygen atoms in total. The predicted octanol–water partition coefficient (Wildman–Crippen LogP) is 9.05.